The smallest absolute Gasteiger partial charge is 0.159 e. The molecule has 104 valence electrons. The molecule has 3 rings (SSSR count). The molecule has 1 aromatic heterocycles. The highest BCUT2D eigenvalue weighted by atomic mass is 15.3. The lowest BCUT2D eigenvalue weighted by molar-refractivity contribution is 0.583. The third-order valence-corrected chi connectivity index (χ3v) is 3.67. The quantitative estimate of drug-likeness (QED) is 0.896. The summed E-state index contributed by atoms with van der Waals surface area (Å²) in [6.45, 7) is 8.07. The van der Waals surface area contributed by atoms with Crippen molar-refractivity contribution in [2.45, 2.75) is 13.8 Å². The molecule has 0 radical (unpaired) electrons. The number of rotatable bonds is 2. The minimum atomic E-state index is 0.885. The fourth-order valence-electron chi connectivity index (χ4n) is 2.54. The Kier molecular flexibility index (Phi) is 3.60. The lowest BCUT2D eigenvalue weighted by Crippen LogP contribution is -2.44. The Hall–Kier alpha value is -2.01. The molecule has 2 aromatic rings. The standard InChI is InChI=1S/C15H19N5/c1-11-3-4-12(2)13(9-11)14-15(17-10-18-19-14)20-7-5-16-6-8-20/h3-4,9-10,16H,5-8H2,1-2H3. The monoisotopic (exact) mass is 269 g/mol. The van der Waals surface area contributed by atoms with Crippen LogP contribution < -0.4 is 10.2 Å². The van der Waals surface area contributed by atoms with Crippen molar-refractivity contribution in [1.29, 1.82) is 0 Å². The van der Waals surface area contributed by atoms with Gasteiger partial charge < -0.3 is 10.2 Å². The van der Waals surface area contributed by atoms with Crippen LogP contribution >= 0.6 is 0 Å². The van der Waals surface area contributed by atoms with Crippen LogP contribution in [-0.4, -0.2) is 41.4 Å². The van der Waals surface area contributed by atoms with E-state index in [-0.39, 0.29) is 0 Å². The van der Waals surface area contributed by atoms with Gasteiger partial charge in [0.15, 0.2) is 5.82 Å². The summed E-state index contributed by atoms with van der Waals surface area (Å²) in [6, 6.07) is 6.40. The molecule has 5 heteroatoms. The second-order valence-corrected chi connectivity index (χ2v) is 5.19. The summed E-state index contributed by atoms with van der Waals surface area (Å²) < 4.78 is 0. The van der Waals surface area contributed by atoms with Crippen molar-refractivity contribution >= 4 is 5.82 Å². The third-order valence-electron chi connectivity index (χ3n) is 3.67. The average molecular weight is 269 g/mol. The van der Waals surface area contributed by atoms with Crippen LogP contribution in [0.25, 0.3) is 11.3 Å². The van der Waals surface area contributed by atoms with Gasteiger partial charge in [0.25, 0.3) is 0 Å². The maximum absolute atomic E-state index is 4.47. The van der Waals surface area contributed by atoms with Crippen LogP contribution in [0, 0.1) is 13.8 Å². The number of hydrogen-bond donors (Lipinski definition) is 1. The topological polar surface area (TPSA) is 53.9 Å². The molecular formula is C15H19N5. The molecule has 1 saturated heterocycles. The summed E-state index contributed by atoms with van der Waals surface area (Å²) in [4.78, 5) is 6.75. The van der Waals surface area contributed by atoms with Crippen molar-refractivity contribution in [2.24, 2.45) is 0 Å². The van der Waals surface area contributed by atoms with E-state index in [1.165, 1.54) is 17.5 Å². The van der Waals surface area contributed by atoms with E-state index in [0.717, 1.165) is 43.3 Å². The van der Waals surface area contributed by atoms with Gasteiger partial charge in [-0.3, -0.25) is 0 Å². The van der Waals surface area contributed by atoms with Gasteiger partial charge in [0, 0.05) is 31.7 Å². The highest BCUT2D eigenvalue weighted by Gasteiger charge is 2.19. The first-order valence-corrected chi connectivity index (χ1v) is 6.96. The van der Waals surface area contributed by atoms with Crippen LogP contribution in [0.4, 0.5) is 5.82 Å². The Bertz CT molecular complexity index is 605. The molecule has 0 atom stereocenters. The Morgan fingerprint density at radius 1 is 1.15 bits per heavy atom. The normalized spacial score (nSPS) is 15.4. The SMILES string of the molecule is Cc1ccc(C)c(-c2nncnc2N2CCNCC2)c1. The molecule has 0 unspecified atom stereocenters. The fraction of sp³-hybridized carbons (Fsp3) is 0.400. The Morgan fingerprint density at radius 3 is 2.75 bits per heavy atom. The van der Waals surface area contributed by atoms with Crippen molar-refractivity contribution in [2.75, 3.05) is 31.1 Å². The van der Waals surface area contributed by atoms with Gasteiger partial charge in [0.2, 0.25) is 0 Å². The van der Waals surface area contributed by atoms with Crippen molar-refractivity contribution < 1.29 is 0 Å². The molecular weight excluding hydrogens is 250 g/mol. The fourth-order valence-corrected chi connectivity index (χ4v) is 2.54. The summed E-state index contributed by atoms with van der Waals surface area (Å²) in [5.74, 6) is 0.940. The highest BCUT2D eigenvalue weighted by Crippen LogP contribution is 2.29. The average Bonchev–Trinajstić information content (AvgIpc) is 2.51. The van der Waals surface area contributed by atoms with E-state index in [1.54, 1.807) is 0 Å². The van der Waals surface area contributed by atoms with Gasteiger partial charge in [-0.15, -0.1) is 10.2 Å². The molecule has 20 heavy (non-hydrogen) atoms. The molecule has 0 spiro atoms. The molecule has 0 amide bonds. The predicted octanol–water partition coefficient (Wildman–Crippen LogP) is 1.57. The summed E-state index contributed by atoms with van der Waals surface area (Å²) in [5.41, 5.74) is 4.44. The lowest BCUT2D eigenvalue weighted by atomic mass is 10.0. The number of anilines is 1. The summed E-state index contributed by atoms with van der Waals surface area (Å²) >= 11 is 0. The number of aryl methyl sites for hydroxylation is 2. The van der Waals surface area contributed by atoms with Crippen molar-refractivity contribution in [1.82, 2.24) is 20.5 Å². The largest absolute Gasteiger partial charge is 0.352 e. The number of aromatic nitrogens is 3. The first-order chi connectivity index (χ1) is 9.75. The van der Waals surface area contributed by atoms with Gasteiger partial charge in [0.05, 0.1) is 0 Å². The van der Waals surface area contributed by atoms with Gasteiger partial charge in [-0.2, -0.15) is 0 Å². The third kappa shape index (κ3) is 2.49. The van der Waals surface area contributed by atoms with Gasteiger partial charge in [-0.05, 0) is 25.5 Å². The summed E-state index contributed by atoms with van der Waals surface area (Å²) in [5, 5.41) is 11.7. The molecule has 0 bridgehead atoms. The van der Waals surface area contributed by atoms with E-state index in [4.69, 9.17) is 0 Å². The molecule has 5 nitrogen and oxygen atoms in total. The molecule has 1 aliphatic heterocycles. The Labute approximate surface area is 119 Å². The highest BCUT2D eigenvalue weighted by molar-refractivity contribution is 5.74. The van der Waals surface area contributed by atoms with E-state index < -0.39 is 0 Å². The minimum Gasteiger partial charge on any atom is -0.352 e. The zero-order valence-electron chi connectivity index (χ0n) is 11.9. The predicted molar refractivity (Wildman–Crippen MR) is 79.8 cm³/mol. The lowest BCUT2D eigenvalue weighted by Gasteiger charge is -2.29. The number of nitrogens with zero attached hydrogens (tertiary/aromatic N) is 4. The summed E-state index contributed by atoms with van der Waals surface area (Å²) in [7, 11) is 0. The van der Waals surface area contributed by atoms with Gasteiger partial charge in [-0.25, -0.2) is 4.98 Å². The molecule has 1 fully saturated rings. The molecule has 1 N–H and O–H groups in total. The van der Waals surface area contributed by atoms with Crippen molar-refractivity contribution in [3.63, 3.8) is 0 Å². The number of hydrogen-bond acceptors (Lipinski definition) is 5. The number of benzene rings is 1. The van der Waals surface area contributed by atoms with Crippen LogP contribution in [0.2, 0.25) is 0 Å². The first kappa shape index (κ1) is 13.0. The van der Waals surface area contributed by atoms with E-state index in [2.05, 4.69) is 57.4 Å². The van der Waals surface area contributed by atoms with Gasteiger partial charge in [0.1, 0.15) is 12.0 Å². The van der Waals surface area contributed by atoms with E-state index in [0.29, 0.717) is 0 Å². The summed E-state index contributed by atoms with van der Waals surface area (Å²) in [6.07, 6.45) is 1.53. The van der Waals surface area contributed by atoms with Gasteiger partial charge >= 0.3 is 0 Å². The zero-order chi connectivity index (χ0) is 13.9. The number of nitrogens with one attached hydrogen (secondary N) is 1. The van der Waals surface area contributed by atoms with E-state index in [9.17, 15) is 0 Å². The molecule has 1 aromatic carbocycles. The Balaban J connectivity index is 2.07. The van der Waals surface area contributed by atoms with E-state index in [1.807, 2.05) is 0 Å². The van der Waals surface area contributed by atoms with Crippen molar-refractivity contribution in [3.05, 3.63) is 35.7 Å². The number of piperazine rings is 1. The molecule has 0 saturated carbocycles. The van der Waals surface area contributed by atoms with Crippen LogP contribution in [0.5, 0.6) is 0 Å². The molecule has 0 aliphatic carbocycles. The van der Waals surface area contributed by atoms with Gasteiger partial charge in [-0.1, -0.05) is 17.7 Å². The maximum Gasteiger partial charge on any atom is 0.159 e. The van der Waals surface area contributed by atoms with Crippen LogP contribution in [0.1, 0.15) is 11.1 Å². The van der Waals surface area contributed by atoms with E-state index >= 15 is 0 Å². The first-order valence-electron chi connectivity index (χ1n) is 6.96. The zero-order valence-corrected chi connectivity index (χ0v) is 11.9. The Morgan fingerprint density at radius 2 is 1.95 bits per heavy atom. The molecule has 1 aliphatic rings. The van der Waals surface area contributed by atoms with Crippen LogP contribution in [0.15, 0.2) is 24.5 Å². The van der Waals surface area contributed by atoms with Crippen LogP contribution in [0.3, 0.4) is 0 Å². The molecule has 2 heterocycles. The second-order valence-electron chi connectivity index (χ2n) is 5.19. The second kappa shape index (κ2) is 5.54. The van der Waals surface area contributed by atoms with Crippen molar-refractivity contribution in [3.8, 4) is 11.3 Å². The van der Waals surface area contributed by atoms with Crippen LogP contribution in [-0.2, 0) is 0 Å². The maximum atomic E-state index is 4.47. The minimum absolute atomic E-state index is 0.885.